The Morgan fingerprint density at radius 2 is 1.47 bits per heavy atom. The van der Waals surface area contributed by atoms with Gasteiger partial charge >= 0.3 is 0 Å². The van der Waals surface area contributed by atoms with Crippen LogP contribution in [0.25, 0.3) is 11.3 Å². The molecule has 0 saturated carbocycles. The van der Waals surface area contributed by atoms with Crippen molar-refractivity contribution in [1.29, 1.82) is 0 Å². The predicted octanol–water partition coefficient (Wildman–Crippen LogP) is 6.21. The number of nitrogens with zero attached hydrogens (tertiary/aromatic N) is 2. The van der Waals surface area contributed by atoms with Gasteiger partial charge in [-0.25, -0.2) is 0 Å². The maximum absolute atomic E-state index is 13.5. The van der Waals surface area contributed by atoms with Gasteiger partial charge in [0, 0.05) is 21.3 Å². The van der Waals surface area contributed by atoms with Crippen molar-refractivity contribution >= 4 is 27.5 Å². The van der Waals surface area contributed by atoms with Gasteiger partial charge in [-0.1, -0.05) is 75.6 Å². The summed E-state index contributed by atoms with van der Waals surface area (Å²) in [6.45, 7) is 4.11. The number of benzene rings is 3. The van der Waals surface area contributed by atoms with Gasteiger partial charge in [0.1, 0.15) is 5.69 Å². The molecule has 5 heteroatoms. The first-order chi connectivity index (χ1) is 14.5. The summed E-state index contributed by atoms with van der Waals surface area (Å²) in [5.74, 6) is -0.0599. The van der Waals surface area contributed by atoms with E-state index >= 15 is 0 Å². The minimum atomic E-state index is -0.242. The van der Waals surface area contributed by atoms with Gasteiger partial charge in [-0.3, -0.25) is 14.8 Å². The van der Waals surface area contributed by atoms with Crippen LogP contribution in [0, 0.1) is 13.8 Å². The lowest BCUT2D eigenvalue weighted by Gasteiger charge is -2.26. The van der Waals surface area contributed by atoms with Crippen molar-refractivity contribution in [2.75, 3.05) is 4.90 Å². The zero-order valence-electron chi connectivity index (χ0n) is 16.7. The third-order valence-electron chi connectivity index (χ3n) is 5.59. The fraction of sp³-hybridized carbons (Fsp3) is 0.120. The van der Waals surface area contributed by atoms with Crippen molar-refractivity contribution < 1.29 is 4.79 Å². The van der Waals surface area contributed by atoms with Crippen LogP contribution < -0.4 is 4.90 Å². The standard InChI is InChI=1S/C25H20BrN3O/c1-15-3-7-18(8-4-15)24-21-22(17-9-11-19(26)12-10-17)27-28-23(21)25(30)29(24)20-13-5-16(2)6-14-20/h3-14,24H,1-2H3,(H,27,28). The van der Waals surface area contributed by atoms with Gasteiger partial charge in [0.05, 0.1) is 11.7 Å². The molecule has 30 heavy (non-hydrogen) atoms. The Hall–Kier alpha value is -3.18. The van der Waals surface area contributed by atoms with Crippen molar-refractivity contribution in [3.05, 3.63) is 105 Å². The second kappa shape index (κ2) is 7.26. The molecule has 1 atom stereocenters. The van der Waals surface area contributed by atoms with E-state index in [1.54, 1.807) is 0 Å². The first kappa shape index (κ1) is 18.8. The number of aryl methyl sites for hydroxylation is 2. The number of carbonyl (C=O) groups excluding carboxylic acids is 1. The molecule has 1 unspecified atom stereocenters. The summed E-state index contributed by atoms with van der Waals surface area (Å²) in [5.41, 5.74) is 7.55. The van der Waals surface area contributed by atoms with Crippen LogP contribution in [-0.4, -0.2) is 16.1 Å². The minimum Gasteiger partial charge on any atom is -0.295 e. The second-order valence-electron chi connectivity index (χ2n) is 7.69. The van der Waals surface area contributed by atoms with Gasteiger partial charge in [-0.15, -0.1) is 0 Å². The molecule has 0 fully saturated rings. The Morgan fingerprint density at radius 1 is 0.867 bits per heavy atom. The number of nitrogens with one attached hydrogen (secondary N) is 1. The van der Waals surface area contributed by atoms with Crippen LogP contribution in [0.5, 0.6) is 0 Å². The van der Waals surface area contributed by atoms with E-state index in [0.29, 0.717) is 5.69 Å². The normalized spacial score (nSPS) is 15.5. The smallest absolute Gasteiger partial charge is 0.277 e. The Balaban J connectivity index is 1.71. The third kappa shape index (κ3) is 3.06. The Morgan fingerprint density at radius 3 is 2.10 bits per heavy atom. The summed E-state index contributed by atoms with van der Waals surface area (Å²) in [7, 11) is 0. The molecule has 1 aliphatic heterocycles. The molecule has 0 radical (unpaired) electrons. The number of fused-ring (bicyclic) bond motifs is 1. The molecule has 1 amide bonds. The maximum atomic E-state index is 13.5. The number of carbonyl (C=O) groups is 1. The van der Waals surface area contributed by atoms with Gasteiger partial charge in [0.15, 0.2) is 0 Å². The van der Waals surface area contributed by atoms with Gasteiger partial charge in [0.2, 0.25) is 0 Å². The van der Waals surface area contributed by atoms with Crippen molar-refractivity contribution in [1.82, 2.24) is 10.2 Å². The van der Waals surface area contributed by atoms with Crippen LogP contribution in [0.4, 0.5) is 5.69 Å². The monoisotopic (exact) mass is 457 g/mol. The molecule has 0 aliphatic carbocycles. The lowest BCUT2D eigenvalue weighted by molar-refractivity contribution is 0.0989. The van der Waals surface area contributed by atoms with Crippen LogP contribution in [-0.2, 0) is 0 Å². The number of halogens is 1. The number of H-pyrrole nitrogens is 1. The largest absolute Gasteiger partial charge is 0.295 e. The summed E-state index contributed by atoms with van der Waals surface area (Å²) in [5, 5.41) is 7.55. The highest BCUT2D eigenvalue weighted by molar-refractivity contribution is 9.10. The number of rotatable bonds is 3. The number of hydrogen-bond donors (Lipinski definition) is 1. The number of aromatic amines is 1. The average Bonchev–Trinajstić information content (AvgIpc) is 3.29. The molecule has 0 spiro atoms. The predicted molar refractivity (Wildman–Crippen MR) is 123 cm³/mol. The first-order valence-corrected chi connectivity index (χ1v) is 10.6. The van der Waals surface area contributed by atoms with Crippen molar-refractivity contribution in [2.24, 2.45) is 0 Å². The summed E-state index contributed by atoms with van der Waals surface area (Å²) in [6, 6.07) is 24.2. The Kier molecular flexibility index (Phi) is 4.55. The molecule has 1 aromatic heterocycles. The first-order valence-electron chi connectivity index (χ1n) is 9.84. The van der Waals surface area contributed by atoms with Crippen LogP contribution in [0.15, 0.2) is 77.3 Å². The highest BCUT2D eigenvalue weighted by Gasteiger charge is 2.43. The zero-order valence-corrected chi connectivity index (χ0v) is 18.3. The topological polar surface area (TPSA) is 49.0 Å². The molecule has 0 bridgehead atoms. The second-order valence-corrected chi connectivity index (χ2v) is 8.61. The molecule has 2 heterocycles. The molecule has 4 nitrogen and oxygen atoms in total. The van der Waals surface area contributed by atoms with E-state index in [-0.39, 0.29) is 11.9 Å². The van der Waals surface area contributed by atoms with Gasteiger partial charge in [0.25, 0.3) is 5.91 Å². The van der Waals surface area contributed by atoms with E-state index in [1.165, 1.54) is 5.56 Å². The molecule has 3 aromatic carbocycles. The van der Waals surface area contributed by atoms with E-state index in [2.05, 4.69) is 57.3 Å². The highest BCUT2D eigenvalue weighted by Crippen LogP contribution is 2.45. The quantitative estimate of drug-likeness (QED) is 0.397. The van der Waals surface area contributed by atoms with Gasteiger partial charge in [-0.2, -0.15) is 5.10 Å². The SMILES string of the molecule is Cc1ccc(C2c3c(-c4ccc(Br)cc4)n[nH]c3C(=O)N2c2ccc(C)cc2)cc1. The van der Waals surface area contributed by atoms with Crippen LogP contribution in [0.1, 0.15) is 38.8 Å². The molecular weight excluding hydrogens is 438 g/mol. The Bertz CT molecular complexity index is 1230. The fourth-order valence-corrected chi connectivity index (χ4v) is 4.28. The van der Waals surface area contributed by atoms with Crippen molar-refractivity contribution in [3.63, 3.8) is 0 Å². The number of anilines is 1. The van der Waals surface area contributed by atoms with Crippen molar-refractivity contribution in [2.45, 2.75) is 19.9 Å². The molecular formula is C25H20BrN3O. The van der Waals surface area contributed by atoms with Crippen molar-refractivity contribution in [3.8, 4) is 11.3 Å². The summed E-state index contributed by atoms with van der Waals surface area (Å²) in [6.07, 6.45) is 0. The van der Waals surface area contributed by atoms with E-state index < -0.39 is 0 Å². The minimum absolute atomic E-state index is 0.0599. The molecule has 1 aliphatic rings. The number of hydrogen-bond acceptors (Lipinski definition) is 2. The lowest BCUT2D eigenvalue weighted by Crippen LogP contribution is -2.29. The van der Waals surface area contributed by atoms with E-state index in [4.69, 9.17) is 0 Å². The molecule has 148 valence electrons. The zero-order chi connectivity index (χ0) is 20.8. The highest BCUT2D eigenvalue weighted by atomic mass is 79.9. The molecule has 4 aromatic rings. The van der Waals surface area contributed by atoms with E-state index in [1.807, 2.05) is 60.4 Å². The number of amides is 1. The van der Waals surface area contributed by atoms with Gasteiger partial charge in [-0.05, 0) is 43.7 Å². The number of aromatic nitrogens is 2. The van der Waals surface area contributed by atoms with Crippen LogP contribution in [0.2, 0.25) is 0 Å². The van der Waals surface area contributed by atoms with Gasteiger partial charge < -0.3 is 0 Å². The summed E-state index contributed by atoms with van der Waals surface area (Å²) >= 11 is 3.49. The van der Waals surface area contributed by atoms with E-state index in [9.17, 15) is 4.79 Å². The summed E-state index contributed by atoms with van der Waals surface area (Å²) in [4.78, 5) is 15.3. The lowest BCUT2D eigenvalue weighted by atomic mass is 9.95. The fourth-order valence-electron chi connectivity index (χ4n) is 4.01. The Labute approximate surface area is 183 Å². The van der Waals surface area contributed by atoms with Crippen LogP contribution >= 0.6 is 15.9 Å². The maximum Gasteiger partial charge on any atom is 0.277 e. The molecule has 5 rings (SSSR count). The molecule has 1 N–H and O–H groups in total. The third-order valence-corrected chi connectivity index (χ3v) is 6.12. The van der Waals surface area contributed by atoms with Crippen LogP contribution in [0.3, 0.4) is 0 Å². The van der Waals surface area contributed by atoms with E-state index in [0.717, 1.165) is 38.1 Å². The average molecular weight is 458 g/mol. The molecule has 0 saturated heterocycles. The summed E-state index contributed by atoms with van der Waals surface area (Å²) < 4.78 is 1.01.